The van der Waals surface area contributed by atoms with Crippen LogP contribution in [0.25, 0.3) is 0 Å². The number of nitrogens with one attached hydrogen (secondary N) is 1. The molecule has 1 atom stereocenters. The number of aliphatic carboxylic acids is 1. The number of thioether (sulfide) groups is 1. The van der Waals surface area contributed by atoms with Gasteiger partial charge in [0.15, 0.2) is 0 Å². The summed E-state index contributed by atoms with van der Waals surface area (Å²) in [5.41, 5.74) is 0. The Kier molecular flexibility index (Phi) is 6.29. The van der Waals surface area contributed by atoms with Crippen molar-refractivity contribution in [1.82, 2.24) is 5.32 Å². The molecular weight excluding hydrogens is 290 g/mol. The molecular formula is C14H21NO3SSi. The summed E-state index contributed by atoms with van der Waals surface area (Å²) in [6, 6.07) is 9.53. The van der Waals surface area contributed by atoms with Crippen LogP contribution in [0.15, 0.2) is 30.3 Å². The molecule has 0 aromatic heterocycles. The van der Waals surface area contributed by atoms with Gasteiger partial charge < -0.3 is 10.4 Å². The summed E-state index contributed by atoms with van der Waals surface area (Å²) < 4.78 is 0. The molecule has 0 aliphatic heterocycles. The molecule has 0 saturated heterocycles. The smallest absolute Gasteiger partial charge is 0.327 e. The van der Waals surface area contributed by atoms with Crippen molar-refractivity contribution in [3.05, 3.63) is 30.3 Å². The van der Waals surface area contributed by atoms with E-state index < -0.39 is 20.1 Å². The van der Waals surface area contributed by atoms with Crippen LogP contribution >= 0.6 is 11.8 Å². The Bertz CT molecular complexity index is 465. The molecule has 0 radical (unpaired) electrons. The van der Waals surface area contributed by atoms with Gasteiger partial charge in [0.1, 0.15) is 6.04 Å². The summed E-state index contributed by atoms with van der Waals surface area (Å²) in [6.45, 7) is 5.87. The van der Waals surface area contributed by atoms with E-state index in [0.717, 1.165) is 5.38 Å². The molecule has 1 amide bonds. The summed E-state index contributed by atoms with van der Waals surface area (Å²) >= 11 is 1.60. The van der Waals surface area contributed by atoms with Crippen LogP contribution < -0.4 is 10.5 Å². The van der Waals surface area contributed by atoms with Gasteiger partial charge in [-0.15, -0.1) is 0 Å². The van der Waals surface area contributed by atoms with E-state index in [9.17, 15) is 9.59 Å². The molecule has 0 spiro atoms. The zero-order valence-corrected chi connectivity index (χ0v) is 13.9. The molecule has 0 fully saturated rings. The fourth-order valence-corrected chi connectivity index (χ4v) is 6.56. The zero-order valence-electron chi connectivity index (χ0n) is 12.1. The van der Waals surface area contributed by atoms with Crippen LogP contribution in [-0.4, -0.2) is 42.2 Å². The maximum atomic E-state index is 11.0. The molecule has 0 bridgehead atoms. The standard InChI is InChI=1S/C14H21NO3SSi/c1-11(16)15-13(14(17)18)9-19-10-20(2,3)12-7-5-4-6-8-12/h4-8,13H,9-10H2,1-3H3,(H,15,16)(H,17,18)/t13-/m0/s1. The van der Waals surface area contributed by atoms with E-state index >= 15 is 0 Å². The van der Waals surface area contributed by atoms with Gasteiger partial charge in [0.2, 0.25) is 5.91 Å². The van der Waals surface area contributed by atoms with Crippen molar-refractivity contribution in [2.45, 2.75) is 26.1 Å². The molecule has 1 aromatic rings. The quantitative estimate of drug-likeness (QED) is 0.748. The van der Waals surface area contributed by atoms with E-state index in [1.807, 2.05) is 18.2 Å². The first kappa shape index (κ1) is 16.8. The molecule has 0 heterocycles. The summed E-state index contributed by atoms with van der Waals surface area (Å²) in [7, 11) is -1.56. The zero-order chi connectivity index (χ0) is 15.2. The minimum absolute atomic E-state index is 0.308. The van der Waals surface area contributed by atoms with Crippen molar-refractivity contribution < 1.29 is 14.7 Å². The Balaban J connectivity index is 2.53. The number of amides is 1. The maximum absolute atomic E-state index is 11.0. The number of hydrogen-bond acceptors (Lipinski definition) is 3. The van der Waals surface area contributed by atoms with Crippen LogP contribution in [0.3, 0.4) is 0 Å². The maximum Gasteiger partial charge on any atom is 0.327 e. The molecule has 110 valence electrons. The van der Waals surface area contributed by atoms with Crippen LogP contribution in [0.5, 0.6) is 0 Å². The third kappa shape index (κ3) is 5.38. The van der Waals surface area contributed by atoms with Gasteiger partial charge in [-0.05, 0) is 5.38 Å². The minimum Gasteiger partial charge on any atom is -0.480 e. The average Bonchev–Trinajstić information content (AvgIpc) is 2.38. The van der Waals surface area contributed by atoms with Crippen LogP contribution in [0.1, 0.15) is 6.92 Å². The Morgan fingerprint density at radius 2 is 1.90 bits per heavy atom. The number of hydrogen-bond donors (Lipinski definition) is 2. The molecule has 0 saturated carbocycles. The second-order valence-electron chi connectivity index (χ2n) is 5.36. The highest BCUT2D eigenvalue weighted by Gasteiger charge is 2.25. The lowest BCUT2D eigenvalue weighted by molar-refractivity contribution is -0.140. The highest BCUT2D eigenvalue weighted by Crippen LogP contribution is 2.13. The molecule has 6 heteroatoms. The van der Waals surface area contributed by atoms with E-state index in [1.165, 1.54) is 12.1 Å². The Labute approximate surface area is 125 Å². The van der Waals surface area contributed by atoms with Crippen LogP contribution in [-0.2, 0) is 9.59 Å². The first-order valence-electron chi connectivity index (χ1n) is 6.46. The Hall–Kier alpha value is -1.27. The van der Waals surface area contributed by atoms with Crippen molar-refractivity contribution >= 4 is 36.9 Å². The normalized spacial score (nSPS) is 12.8. The number of rotatable bonds is 7. The van der Waals surface area contributed by atoms with Crippen molar-refractivity contribution in [1.29, 1.82) is 0 Å². The van der Waals surface area contributed by atoms with Gasteiger partial charge >= 0.3 is 5.97 Å². The lowest BCUT2D eigenvalue weighted by atomic mass is 10.3. The monoisotopic (exact) mass is 311 g/mol. The van der Waals surface area contributed by atoms with E-state index in [1.54, 1.807) is 11.8 Å². The summed E-state index contributed by atoms with van der Waals surface area (Å²) in [5, 5.41) is 13.8. The summed E-state index contributed by atoms with van der Waals surface area (Å²) in [4.78, 5) is 22.0. The summed E-state index contributed by atoms with van der Waals surface area (Å²) in [6.07, 6.45) is 0. The largest absolute Gasteiger partial charge is 0.480 e. The minimum atomic E-state index is -1.56. The van der Waals surface area contributed by atoms with Gasteiger partial charge in [-0.3, -0.25) is 4.79 Å². The molecule has 0 aliphatic rings. The fraction of sp³-hybridized carbons (Fsp3) is 0.429. The predicted octanol–water partition coefficient (Wildman–Crippen LogP) is 1.46. The van der Waals surface area contributed by atoms with E-state index in [4.69, 9.17) is 5.11 Å². The first-order chi connectivity index (χ1) is 9.33. The molecule has 1 rings (SSSR count). The van der Waals surface area contributed by atoms with Gasteiger partial charge in [-0.25, -0.2) is 4.79 Å². The fourth-order valence-electron chi connectivity index (χ4n) is 1.82. The van der Waals surface area contributed by atoms with Gasteiger partial charge in [-0.2, -0.15) is 11.8 Å². The third-order valence-electron chi connectivity index (χ3n) is 2.98. The van der Waals surface area contributed by atoms with Crippen LogP contribution in [0, 0.1) is 0 Å². The van der Waals surface area contributed by atoms with Gasteiger partial charge in [0, 0.05) is 12.7 Å². The molecule has 0 unspecified atom stereocenters. The highest BCUT2D eigenvalue weighted by molar-refractivity contribution is 8.01. The van der Waals surface area contributed by atoms with Crippen molar-refractivity contribution in [2.24, 2.45) is 0 Å². The Morgan fingerprint density at radius 3 is 2.40 bits per heavy atom. The molecule has 1 aromatic carbocycles. The lowest BCUT2D eigenvalue weighted by Crippen LogP contribution is -2.46. The SMILES string of the molecule is CC(=O)N[C@@H](CSC[Si](C)(C)c1ccccc1)C(=O)O. The van der Waals surface area contributed by atoms with Crippen molar-refractivity contribution in [2.75, 3.05) is 11.1 Å². The molecule has 0 aliphatic carbocycles. The second-order valence-corrected chi connectivity index (χ2v) is 11.6. The predicted molar refractivity (Wildman–Crippen MR) is 86.1 cm³/mol. The Morgan fingerprint density at radius 1 is 1.30 bits per heavy atom. The van der Waals surface area contributed by atoms with Crippen LogP contribution in [0.4, 0.5) is 0 Å². The average molecular weight is 311 g/mol. The number of carbonyl (C=O) groups is 2. The second kappa shape index (κ2) is 7.49. The van der Waals surface area contributed by atoms with Gasteiger partial charge in [0.05, 0.1) is 8.07 Å². The van der Waals surface area contributed by atoms with Crippen molar-refractivity contribution in [3.8, 4) is 0 Å². The number of carboxylic acid groups (broad SMARTS) is 1. The summed E-state index contributed by atoms with van der Waals surface area (Å²) in [5.74, 6) is -0.887. The van der Waals surface area contributed by atoms with E-state index in [2.05, 4.69) is 30.5 Å². The van der Waals surface area contributed by atoms with E-state index in [0.29, 0.717) is 5.75 Å². The number of benzene rings is 1. The van der Waals surface area contributed by atoms with Crippen molar-refractivity contribution in [3.63, 3.8) is 0 Å². The molecule has 20 heavy (non-hydrogen) atoms. The first-order valence-corrected chi connectivity index (χ1v) is 10.8. The molecule has 4 nitrogen and oxygen atoms in total. The van der Waals surface area contributed by atoms with E-state index in [-0.39, 0.29) is 5.91 Å². The lowest BCUT2D eigenvalue weighted by Gasteiger charge is -2.23. The van der Waals surface area contributed by atoms with Gasteiger partial charge in [0.25, 0.3) is 0 Å². The number of carbonyl (C=O) groups excluding carboxylic acids is 1. The topological polar surface area (TPSA) is 66.4 Å². The number of carboxylic acids is 1. The highest BCUT2D eigenvalue weighted by atomic mass is 32.2. The van der Waals surface area contributed by atoms with Crippen LogP contribution in [0.2, 0.25) is 13.1 Å². The molecule has 2 N–H and O–H groups in total. The third-order valence-corrected chi connectivity index (χ3v) is 9.15. The van der Waals surface area contributed by atoms with Gasteiger partial charge in [-0.1, -0.05) is 48.6 Å².